The number of hydrogen-bond donors (Lipinski definition) is 2. The Balaban J connectivity index is 1.85. The van der Waals surface area contributed by atoms with Crippen LogP contribution in [0.3, 0.4) is 0 Å². The molecular formula is C17H21N5O. The third-order valence-electron chi connectivity index (χ3n) is 3.63. The number of aryl methyl sites for hydroxylation is 1. The summed E-state index contributed by atoms with van der Waals surface area (Å²) in [6.07, 6.45) is 1.63. The van der Waals surface area contributed by atoms with Crippen LogP contribution in [0, 0.1) is 6.92 Å². The van der Waals surface area contributed by atoms with Crippen molar-refractivity contribution in [2.45, 2.75) is 26.8 Å². The highest BCUT2D eigenvalue weighted by molar-refractivity contribution is 5.93. The van der Waals surface area contributed by atoms with E-state index in [-0.39, 0.29) is 5.91 Å². The maximum atomic E-state index is 12.4. The number of nitrogens with one attached hydrogen (secondary N) is 2. The van der Waals surface area contributed by atoms with E-state index in [2.05, 4.69) is 34.6 Å². The van der Waals surface area contributed by atoms with Gasteiger partial charge >= 0.3 is 0 Å². The zero-order chi connectivity index (χ0) is 16.4. The van der Waals surface area contributed by atoms with Crippen LogP contribution in [0.1, 0.15) is 24.2 Å². The van der Waals surface area contributed by atoms with Gasteiger partial charge in [-0.05, 0) is 18.6 Å². The van der Waals surface area contributed by atoms with Gasteiger partial charge in [-0.3, -0.25) is 4.79 Å². The van der Waals surface area contributed by atoms with E-state index in [0.717, 1.165) is 16.7 Å². The first-order chi connectivity index (χ1) is 11.0. The van der Waals surface area contributed by atoms with E-state index in [1.807, 2.05) is 31.2 Å². The van der Waals surface area contributed by atoms with Gasteiger partial charge < -0.3 is 10.6 Å². The number of hydrogen-bond acceptors (Lipinski definition) is 5. The number of carbonyl (C=O) groups excluding carboxylic acids is 1. The van der Waals surface area contributed by atoms with Crippen LogP contribution in [0.4, 0.5) is 5.95 Å². The normalized spacial score (nSPS) is 14.3. The molecule has 0 saturated heterocycles. The third kappa shape index (κ3) is 3.48. The van der Waals surface area contributed by atoms with Crippen molar-refractivity contribution in [2.75, 3.05) is 18.4 Å². The molecule has 3 rings (SSSR count). The number of aromatic nitrogens is 3. The Kier molecular flexibility index (Phi) is 4.25. The number of nitrogens with zero attached hydrogens (tertiary/aromatic N) is 3. The van der Waals surface area contributed by atoms with Crippen molar-refractivity contribution < 1.29 is 4.79 Å². The zero-order valence-corrected chi connectivity index (χ0v) is 13.6. The largest absolute Gasteiger partial charge is 0.350 e. The Labute approximate surface area is 135 Å². The lowest BCUT2D eigenvalue weighted by molar-refractivity contribution is 0.0957. The molecule has 0 amide bonds. The van der Waals surface area contributed by atoms with Crippen LogP contribution in [0.25, 0.3) is 11.4 Å². The van der Waals surface area contributed by atoms with Gasteiger partial charge in [0, 0.05) is 30.8 Å². The Morgan fingerprint density at radius 3 is 2.96 bits per heavy atom. The molecule has 6 nitrogen and oxygen atoms in total. The van der Waals surface area contributed by atoms with Gasteiger partial charge in [-0.15, -0.1) is 5.10 Å². The van der Waals surface area contributed by atoms with Crippen molar-refractivity contribution in [3.63, 3.8) is 0 Å². The zero-order valence-electron chi connectivity index (χ0n) is 13.6. The fraction of sp³-hybridized carbons (Fsp3) is 0.353. The van der Waals surface area contributed by atoms with Crippen LogP contribution >= 0.6 is 0 Å². The molecule has 0 saturated carbocycles. The maximum absolute atomic E-state index is 12.4. The van der Waals surface area contributed by atoms with Gasteiger partial charge in [0.1, 0.15) is 0 Å². The number of anilines is 1. The molecule has 1 aliphatic heterocycles. The number of fused-ring (bicyclic) bond motifs is 1. The molecule has 2 N–H and O–H groups in total. The van der Waals surface area contributed by atoms with Gasteiger partial charge in [-0.25, -0.2) is 0 Å². The molecule has 0 fully saturated rings. The summed E-state index contributed by atoms with van der Waals surface area (Å²) in [5.74, 6) is 0.876. The standard InChI is InChI=1S/C17H21N5O/c1-11(2)18-9-13-8-15(23)22-17(19-10-13)20-16(21-22)14-6-4-5-12(3)7-14/h4-8,11,18H,9-10H2,1-3H3,(H,19,20,21). The Morgan fingerprint density at radius 2 is 2.22 bits per heavy atom. The summed E-state index contributed by atoms with van der Waals surface area (Å²) in [4.78, 5) is 16.9. The van der Waals surface area contributed by atoms with Gasteiger partial charge in [-0.1, -0.05) is 37.6 Å². The second kappa shape index (κ2) is 6.34. The third-order valence-corrected chi connectivity index (χ3v) is 3.63. The minimum Gasteiger partial charge on any atom is -0.350 e. The monoisotopic (exact) mass is 311 g/mol. The van der Waals surface area contributed by atoms with Crippen LogP contribution in [-0.4, -0.2) is 39.8 Å². The molecule has 0 spiro atoms. The highest BCUT2D eigenvalue weighted by atomic mass is 16.2. The predicted molar refractivity (Wildman–Crippen MR) is 90.5 cm³/mol. The number of carbonyl (C=O) groups is 1. The van der Waals surface area contributed by atoms with Crippen molar-refractivity contribution in [3.8, 4) is 11.4 Å². The van der Waals surface area contributed by atoms with Gasteiger partial charge in [-0.2, -0.15) is 9.67 Å². The number of allylic oxidation sites excluding steroid dienone is 1. The number of rotatable bonds is 4. The molecule has 1 aromatic carbocycles. The lowest BCUT2D eigenvalue weighted by Crippen LogP contribution is -2.27. The maximum Gasteiger partial charge on any atom is 0.274 e. The van der Waals surface area contributed by atoms with Gasteiger partial charge in [0.2, 0.25) is 5.95 Å². The summed E-state index contributed by atoms with van der Waals surface area (Å²) in [6, 6.07) is 8.30. The van der Waals surface area contributed by atoms with Crippen LogP contribution in [0.5, 0.6) is 0 Å². The first-order valence-corrected chi connectivity index (χ1v) is 7.78. The van der Waals surface area contributed by atoms with Crippen molar-refractivity contribution >= 4 is 11.9 Å². The van der Waals surface area contributed by atoms with E-state index in [1.54, 1.807) is 6.08 Å². The van der Waals surface area contributed by atoms with Crippen molar-refractivity contribution in [1.82, 2.24) is 20.1 Å². The Morgan fingerprint density at radius 1 is 1.39 bits per heavy atom. The van der Waals surface area contributed by atoms with Crippen LogP contribution in [0.2, 0.25) is 0 Å². The summed E-state index contributed by atoms with van der Waals surface area (Å²) in [7, 11) is 0. The van der Waals surface area contributed by atoms with E-state index < -0.39 is 0 Å². The molecule has 2 aromatic rings. The Hall–Kier alpha value is -2.47. The van der Waals surface area contributed by atoms with Crippen LogP contribution in [-0.2, 0) is 0 Å². The van der Waals surface area contributed by atoms with E-state index in [9.17, 15) is 4.79 Å². The van der Waals surface area contributed by atoms with Crippen molar-refractivity contribution in [3.05, 3.63) is 41.5 Å². The topological polar surface area (TPSA) is 71.8 Å². The molecule has 120 valence electrons. The summed E-state index contributed by atoms with van der Waals surface area (Å²) >= 11 is 0. The molecular weight excluding hydrogens is 290 g/mol. The van der Waals surface area contributed by atoms with Gasteiger partial charge in [0.05, 0.1) is 0 Å². The van der Waals surface area contributed by atoms with Crippen LogP contribution in [0.15, 0.2) is 35.9 Å². The summed E-state index contributed by atoms with van der Waals surface area (Å²) in [6.45, 7) is 7.43. The van der Waals surface area contributed by atoms with Gasteiger partial charge in [0.15, 0.2) is 5.82 Å². The Bertz CT molecular complexity index is 760. The van der Waals surface area contributed by atoms with Crippen LogP contribution < -0.4 is 10.6 Å². The molecule has 2 heterocycles. The molecule has 0 bridgehead atoms. The number of benzene rings is 1. The minimum atomic E-state index is -0.169. The molecule has 0 radical (unpaired) electrons. The first kappa shape index (κ1) is 15.4. The summed E-state index contributed by atoms with van der Waals surface area (Å²) in [5, 5.41) is 10.9. The van der Waals surface area contributed by atoms with Crippen molar-refractivity contribution in [2.24, 2.45) is 0 Å². The molecule has 0 unspecified atom stereocenters. The molecule has 1 aromatic heterocycles. The summed E-state index contributed by atoms with van der Waals surface area (Å²) in [5.41, 5.74) is 3.03. The van der Waals surface area contributed by atoms with Gasteiger partial charge in [0.25, 0.3) is 5.91 Å². The molecule has 23 heavy (non-hydrogen) atoms. The predicted octanol–water partition coefficient (Wildman–Crippen LogP) is 2.24. The van der Waals surface area contributed by atoms with E-state index in [0.29, 0.717) is 30.9 Å². The highest BCUT2D eigenvalue weighted by Gasteiger charge is 2.19. The molecule has 1 aliphatic rings. The smallest absolute Gasteiger partial charge is 0.274 e. The lowest BCUT2D eigenvalue weighted by Gasteiger charge is -2.10. The van der Waals surface area contributed by atoms with E-state index in [4.69, 9.17) is 0 Å². The SMILES string of the molecule is Cc1cccc(-c2nc3n(n2)C(=O)C=C(CNC(C)C)CN3)c1. The quantitative estimate of drug-likeness (QED) is 0.906. The summed E-state index contributed by atoms with van der Waals surface area (Å²) < 4.78 is 1.33. The average Bonchev–Trinajstić information content (AvgIpc) is 2.88. The molecule has 0 aliphatic carbocycles. The van der Waals surface area contributed by atoms with E-state index >= 15 is 0 Å². The molecule has 6 heteroatoms. The van der Waals surface area contributed by atoms with E-state index in [1.165, 1.54) is 4.68 Å². The second-order valence-electron chi connectivity index (χ2n) is 6.07. The fourth-order valence-electron chi connectivity index (χ4n) is 2.41. The average molecular weight is 311 g/mol. The first-order valence-electron chi connectivity index (χ1n) is 7.78. The molecule has 0 atom stereocenters. The lowest BCUT2D eigenvalue weighted by atomic mass is 10.1. The fourth-order valence-corrected chi connectivity index (χ4v) is 2.41. The minimum absolute atomic E-state index is 0.169. The second-order valence-corrected chi connectivity index (χ2v) is 6.07. The highest BCUT2D eigenvalue weighted by Crippen LogP contribution is 2.20. The van der Waals surface area contributed by atoms with Crippen molar-refractivity contribution in [1.29, 1.82) is 0 Å².